The SMILES string of the molecule is O=C(O)NC1CCCC(c2cc3c(-c4cccc(F)c4)c(Cl)cnc3[nH]2)C1. The van der Waals surface area contributed by atoms with Gasteiger partial charge in [-0.2, -0.15) is 0 Å². The summed E-state index contributed by atoms with van der Waals surface area (Å²) in [5.74, 6) is -0.108. The lowest BCUT2D eigenvalue weighted by Gasteiger charge is -2.28. The molecule has 5 nitrogen and oxygen atoms in total. The molecule has 3 N–H and O–H groups in total. The maximum atomic E-state index is 13.7. The van der Waals surface area contributed by atoms with E-state index in [-0.39, 0.29) is 17.8 Å². The van der Waals surface area contributed by atoms with Gasteiger partial charge in [0, 0.05) is 34.8 Å². The van der Waals surface area contributed by atoms with Gasteiger partial charge in [0.15, 0.2) is 0 Å². The van der Waals surface area contributed by atoms with Crippen LogP contribution in [0.2, 0.25) is 5.02 Å². The Morgan fingerprint density at radius 2 is 2.19 bits per heavy atom. The molecule has 2 unspecified atom stereocenters. The second-order valence-corrected chi connectivity index (χ2v) is 7.40. The van der Waals surface area contributed by atoms with Gasteiger partial charge in [0.1, 0.15) is 11.5 Å². The Morgan fingerprint density at radius 3 is 2.96 bits per heavy atom. The lowest BCUT2D eigenvalue weighted by molar-refractivity contribution is 0.184. The van der Waals surface area contributed by atoms with Crippen molar-refractivity contribution < 1.29 is 14.3 Å². The van der Waals surface area contributed by atoms with Crippen LogP contribution in [0.1, 0.15) is 37.3 Å². The van der Waals surface area contributed by atoms with Gasteiger partial charge in [0.05, 0.1) is 5.02 Å². The summed E-state index contributed by atoms with van der Waals surface area (Å²) >= 11 is 6.39. The predicted octanol–water partition coefficient (Wildman–Crippen LogP) is 5.32. The molecule has 0 radical (unpaired) electrons. The van der Waals surface area contributed by atoms with Gasteiger partial charge in [-0.1, -0.05) is 30.2 Å². The number of carbonyl (C=O) groups is 1. The number of nitrogens with zero attached hydrogens (tertiary/aromatic N) is 1. The van der Waals surface area contributed by atoms with Gasteiger partial charge < -0.3 is 15.4 Å². The minimum Gasteiger partial charge on any atom is -0.465 e. The van der Waals surface area contributed by atoms with Crippen molar-refractivity contribution in [3.63, 3.8) is 0 Å². The second-order valence-electron chi connectivity index (χ2n) is 6.99. The van der Waals surface area contributed by atoms with Gasteiger partial charge in [-0.25, -0.2) is 14.2 Å². The highest BCUT2D eigenvalue weighted by molar-refractivity contribution is 6.34. The Hall–Kier alpha value is -2.60. The predicted molar refractivity (Wildman–Crippen MR) is 103 cm³/mol. The molecule has 2 atom stereocenters. The molecule has 27 heavy (non-hydrogen) atoms. The first-order valence-electron chi connectivity index (χ1n) is 8.94. The normalized spacial score (nSPS) is 19.9. The molecule has 0 spiro atoms. The second kappa shape index (κ2) is 7.19. The van der Waals surface area contributed by atoms with Crippen molar-refractivity contribution in [3.8, 4) is 11.1 Å². The highest BCUT2D eigenvalue weighted by Gasteiger charge is 2.26. The number of nitrogens with one attached hydrogen (secondary N) is 2. The van der Waals surface area contributed by atoms with Crippen LogP contribution in [-0.2, 0) is 0 Å². The molecule has 2 aromatic heterocycles. The van der Waals surface area contributed by atoms with Gasteiger partial charge in [-0.15, -0.1) is 0 Å². The smallest absolute Gasteiger partial charge is 0.404 e. The molecular weight excluding hydrogens is 369 g/mol. The number of carboxylic acid groups (broad SMARTS) is 1. The third-order valence-corrected chi connectivity index (χ3v) is 5.47. The van der Waals surface area contributed by atoms with E-state index in [0.717, 1.165) is 42.3 Å². The monoisotopic (exact) mass is 387 g/mol. The topological polar surface area (TPSA) is 78.0 Å². The number of rotatable bonds is 3. The van der Waals surface area contributed by atoms with E-state index in [1.54, 1.807) is 12.3 Å². The van der Waals surface area contributed by atoms with Crippen LogP contribution in [0.3, 0.4) is 0 Å². The third-order valence-electron chi connectivity index (χ3n) is 5.19. The van der Waals surface area contributed by atoms with Gasteiger partial charge in [0.25, 0.3) is 0 Å². The summed E-state index contributed by atoms with van der Waals surface area (Å²) in [4.78, 5) is 18.7. The van der Waals surface area contributed by atoms with Crippen LogP contribution in [0.5, 0.6) is 0 Å². The number of fused-ring (bicyclic) bond motifs is 1. The highest BCUT2D eigenvalue weighted by atomic mass is 35.5. The highest BCUT2D eigenvalue weighted by Crippen LogP contribution is 2.38. The quantitative estimate of drug-likeness (QED) is 0.569. The first-order valence-corrected chi connectivity index (χ1v) is 9.31. The molecule has 1 saturated carbocycles. The van der Waals surface area contributed by atoms with Crippen molar-refractivity contribution >= 4 is 28.7 Å². The minimum atomic E-state index is -0.987. The van der Waals surface area contributed by atoms with Crippen LogP contribution in [0.4, 0.5) is 9.18 Å². The summed E-state index contributed by atoms with van der Waals surface area (Å²) in [6, 6.07) is 8.30. The van der Waals surface area contributed by atoms with Crippen molar-refractivity contribution in [2.45, 2.75) is 37.6 Å². The number of aromatic nitrogens is 2. The lowest BCUT2D eigenvalue weighted by atomic mass is 9.83. The zero-order chi connectivity index (χ0) is 19.0. The minimum absolute atomic E-state index is 0.0492. The molecule has 140 valence electrons. The summed E-state index contributed by atoms with van der Waals surface area (Å²) in [5.41, 5.74) is 3.16. The first-order chi connectivity index (χ1) is 13.0. The summed E-state index contributed by atoms with van der Waals surface area (Å²) in [6.45, 7) is 0. The summed E-state index contributed by atoms with van der Waals surface area (Å²) in [7, 11) is 0. The number of hydrogen-bond acceptors (Lipinski definition) is 2. The number of amides is 1. The van der Waals surface area contributed by atoms with Crippen LogP contribution in [0.25, 0.3) is 22.2 Å². The fourth-order valence-electron chi connectivity index (χ4n) is 4.01. The average Bonchev–Trinajstić information content (AvgIpc) is 3.05. The van der Waals surface area contributed by atoms with E-state index in [2.05, 4.69) is 15.3 Å². The van der Waals surface area contributed by atoms with Crippen LogP contribution >= 0.6 is 11.6 Å². The van der Waals surface area contributed by atoms with Crippen molar-refractivity contribution in [1.82, 2.24) is 15.3 Å². The molecule has 1 amide bonds. The molecule has 1 aliphatic rings. The molecule has 7 heteroatoms. The maximum Gasteiger partial charge on any atom is 0.404 e. The number of aromatic amines is 1. The van der Waals surface area contributed by atoms with Gasteiger partial charge >= 0.3 is 6.09 Å². The summed E-state index contributed by atoms with van der Waals surface area (Å²) < 4.78 is 13.7. The van der Waals surface area contributed by atoms with E-state index in [4.69, 9.17) is 16.7 Å². The number of halogens is 2. The molecule has 0 aliphatic heterocycles. The molecule has 1 fully saturated rings. The maximum absolute atomic E-state index is 13.7. The van der Waals surface area contributed by atoms with Gasteiger partial charge in [0.2, 0.25) is 0 Å². The zero-order valence-electron chi connectivity index (χ0n) is 14.5. The van der Waals surface area contributed by atoms with Crippen molar-refractivity contribution in [1.29, 1.82) is 0 Å². The number of H-pyrrole nitrogens is 1. The van der Waals surface area contributed by atoms with E-state index in [1.165, 1.54) is 12.1 Å². The number of hydrogen-bond donors (Lipinski definition) is 3. The first kappa shape index (κ1) is 17.8. The molecule has 4 rings (SSSR count). The van der Waals surface area contributed by atoms with E-state index in [1.807, 2.05) is 12.1 Å². The van der Waals surface area contributed by atoms with E-state index >= 15 is 0 Å². The molecule has 0 saturated heterocycles. The van der Waals surface area contributed by atoms with Crippen molar-refractivity contribution in [2.75, 3.05) is 0 Å². The fourth-order valence-corrected chi connectivity index (χ4v) is 4.27. The Labute approximate surface area is 160 Å². The zero-order valence-corrected chi connectivity index (χ0v) is 15.3. The average molecular weight is 388 g/mol. The Bertz CT molecular complexity index is 1000. The Kier molecular flexibility index (Phi) is 4.74. The fraction of sp³-hybridized carbons (Fsp3) is 0.300. The summed E-state index contributed by atoms with van der Waals surface area (Å²) in [5, 5.41) is 12.9. The number of benzene rings is 1. The standard InChI is InChI=1S/C20H19ClFN3O2/c21-16-10-23-19-15(18(16)12-4-1-5-13(22)7-12)9-17(25-19)11-3-2-6-14(8-11)24-20(26)27/h1,4-5,7,9-11,14,24H,2-3,6,8H2,(H,23,25)(H,26,27). The molecular formula is C20H19ClFN3O2. The van der Waals surface area contributed by atoms with Crippen LogP contribution < -0.4 is 5.32 Å². The molecule has 1 aromatic carbocycles. The van der Waals surface area contributed by atoms with Crippen molar-refractivity contribution in [2.24, 2.45) is 0 Å². The molecule has 2 heterocycles. The molecule has 3 aromatic rings. The summed E-state index contributed by atoms with van der Waals surface area (Å²) in [6.07, 6.45) is 4.10. The Balaban J connectivity index is 1.72. The van der Waals surface area contributed by atoms with E-state index < -0.39 is 6.09 Å². The van der Waals surface area contributed by atoms with E-state index in [0.29, 0.717) is 16.2 Å². The van der Waals surface area contributed by atoms with Crippen molar-refractivity contribution in [3.05, 3.63) is 53.1 Å². The van der Waals surface area contributed by atoms with Crippen LogP contribution in [0, 0.1) is 5.82 Å². The largest absolute Gasteiger partial charge is 0.465 e. The lowest BCUT2D eigenvalue weighted by Crippen LogP contribution is -2.37. The molecule has 1 aliphatic carbocycles. The Morgan fingerprint density at radius 1 is 1.33 bits per heavy atom. The number of pyridine rings is 1. The van der Waals surface area contributed by atoms with Crippen LogP contribution in [-0.4, -0.2) is 27.2 Å². The van der Waals surface area contributed by atoms with E-state index in [9.17, 15) is 9.18 Å². The van der Waals surface area contributed by atoms with Gasteiger partial charge in [-0.05, 0) is 43.0 Å². The van der Waals surface area contributed by atoms with Crippen LogP contribution in [0.15, 0.2) is 36.5 Å². The van der Waals surface area contributed by atoms with Gasteiger partial charge in [-0.3, -0.25) is 0 Å². The third kappa shape index (κ3) is 3.62. The molecule has 0 bridgehead atoms.